The topological polar surface area (TPSA) is 34.1 Å². The zero-order valence-electron chi connectivity index (χ0n) is 11.7. The summed E-state index contributed by atoms with van der Waals surface area (Å²) < 4.78 is 5.91. The minimum absolute atomic E-state index is 0.280. The van der Waals surface area contributed by atoms with Gasteiger partial charge in [0, 0.05) is 23.2 Å². The van der Waals surface area contributed by atoms with Gasteiger partial charge in [-0.1, -0.05) is 24.6 Å². The maximum Gasteiger partial charge on any atom is 0.212 e. The van der Waals surface area contributed by atoms with Crippen molar-refractivity contribution in [3.8, 4) is 5.88 Å². The quantitative estimate of drug-likeness (QED) is 0.836. The third kappa shape index (κ3) is 4.20. The Morgan fingerprint density at radius 1 is 1.35 bits per heavy atom. The number of thiophene rings is 1. The molecule has 108 valence electrons. The van der Waals surface area contributed by atoms with E-state index < -0.39 is 0 Å². The summed E-state index contributed by atoms with van der Waals surface area (Å²) >= 11 is 7.67. The Labute approximate surface area is 129 Å². The average Bonchev–Trinajstić information content (AvgIpc) is 2.90. The van der Waals surface area contributed by atoms with Crippen molar-refractivity contribution < 1.29 is 4.74 Å². The first-order chi connectivity index (χ1) is 9.72. The van der Waals surface area contributed by atoms with Crippen LogP contribution >= 0.6 is 22.9 Å². The van der Waals surface area contributed by atoms with Crippen molar-refractivity contribution in [3.05, 3.63) is 45.2 Å². The van der Waals surface area contributed by atoms with Gasteiger partial charge in [-0.3, -0.25) is 0 Å². The van der Waals surface area contributed by atoms with E-state index in [9.17, 15) is 0 Å². The molecule has 0 fully saturated rings. The molecule has 2 aromatic rings. The van der Waals surface area contributed by atoms with E-state index in [2.05, 4.69) is 29.4 Å². The van der Waals surface area contributed by atoms with Gasteiger partial charge in [-0.25, -0.2) is 4.98 Å². The van der Waals surface area contributed by atoms with Crippen LogP contribution in [0.5, 0.6) is 5.88 Å². The number of hydrogen-bond acceptors (Lipinski definition) is 4. The predicted octanol–water partition coefficient (Wildman–Crippen LogP) is 4.09. The highest BCUT2D eigenvalue weighted by molar-refractivity contribution is 7.16. The molecule has 0 radical (unpaired) electrons. The van der Waals surface area contributed by atoms with Crippen molar-refractivity contribution in [1.82, 2.24) is 10.3 Å². The van der Waals surface area contributed by atoms with E-state index in [1.165, 1.54) is 10.4 Å². The molecular formula is C15H19ClN2OS. The summed E-state index contributed by atoms with van der Waals surface area (Å²) in [6.45, 7) is 3.16. The SMILES string of the molecule is CCCNC(Cc1ccc(OC)nc1)c1ccc(Cl)s1. The third-order valence-electron chi connectivity index (χ3n) is 3.02. The van der Waals surface area contributed by atoms with Crippen molar-refractivity contribution in [1.29, 1.82) is 0 Å². The van der Waals surface area contributed by atoms with Gasteiger partial charge in [0.2, 0.25) is 5.88 Å². The Morgan fingerprint density at radius 3 is 2.75 bits per heavy atom. The lowest BCUT2D eigenvalue weighted by atomic mass is 10.1. The summed E-state index contributed by atoms with van der Waals surface area (Å²) in [6.07, 6.45) is 3.87. The summed E-state index contributed by atoms with van der Waals surface area (Å²) in [7, 11) is 1.63. The molecule has 0 saturated carbocycles. The van der Waals surface area contributed by atoms with E-state index in [0.29, 0.717) is 5.88 Å². The predicted molar refractivity (Wildman–Crippen MR) is 84.9 cm³/mol. The van der Waals surface area contributed by atoms with Gasteiger partial charge in [0.25, 0.3) is 0 Å². The lowest BCUT2D eigenvalue weighted by Crippen LogP contribution is -2.23. The molecule has 2 rings (SSSR count). The van der Waals surface area contributed by atoms with Gasteiger partial charge < -0.3 is 10.1 Å². The number of nitrogens with zero attached hydrogens (tertiary/aromatic N) is 1. The van der Waals surface area contributed by atoms with Crippen molar-refractivity contribution in [2.75, 3.05) is 13.7 Å². The van der Waals surface area contributed by atoms with Crippen LogP contribution in [-0.4, -0.2) is 18.6 Å². The number of hydrogen-bond donors (Lipinski definition) is 1. The third-order valence-corrected chi connectivity index (χ3v) is 4.37. The molecule has 0 amide bonds. The van der Waals surface area contributed by atoms with Gasteiger partial charge in [0.15, 0.2) is 0 Å². The fourth-order valence-corrected chi connectivity index (χ4v) is 3.13. The summed E-state index contributed by atoms with van der Waals surface area (Å²) in [5, 5.41) is 3.57. The summed E-state index contributed by atoms with van der Waals surface area (Å²) in [4.78, 5) is 5.52. The molecule has 0 aromatic carbocycles. The molecule has 5 heteroatoms. The number of ether oxygens (including phenoxy) is 1. The van der Waals surface area contributed by atoms with Crippen LogP contribution in [-0.2, 0) is 6.42 Å². The van der Waals surface area contributed by atoms with Crippen molar-refractivity contribution in [2.24, 2.45) is 0 Å². The molecule has 0 aliphatic rings. The first-order valence-electron chi connectivity index (χ1n) is 6.70. The number of halogens is 1. The van der Waals surface area contributed by atoms with E-state index in [0.717, 1.165) is 23.7 Å². The Morgan fingerprint density at radius 2 is 2.20 bits per heavy atom. The largest absolute Gasteiger partial charge is 0.481 e. The van der Waals surface area contributed by atoms with E-state index in [4.69, 9.17) is 16.3 Å². The van der Waals surface area contributed by atoms with Gasteiger partial charge >= 0.3 is 0 Å². The van der Waals surface area contributed by atoms with Crippen molar-refractivity contribution in [3.63, 3.8) is 0 Å². The number of rotatable bonds is 7. The molecule has 1 unspecified atom stereocenters. The smallest absolute Gasteiger partial charge is 0.212 e. The molecule has 1 N–H and O–H groups in total. The minimum atomic E-state index is 0.280. The van der Waals surface area contributed by atoms with E-state index in [1.54, 1.807) is 18.4 Å². The lowest BCUT2D eigenvalue weighted by Gasteiger charge is -2.17. The monoisotopic (exact) mass is 310 g/mol. The molecule has 2 aromatic heterocycles. The molecule has 0 bridgehead atoms. The molecular weight excluding hydrogens is 292 g/mol. The fraction of sp³-hybridized carbons (Fsp3) is 0.400. The Balaban J connectivity index is 2.10. The second-order valence-electron chi connectivity index (χ2n) is 4.56. The average molecular weight is 311 g/mol. The highest BCUT2D eigenvalue weighted by Crippen LogP contribution is 2.29. The van der Waals surface area contributed by atoms with Crippen LogP contribution in [0.15, 0.2) is 30.5 Å². The molecule has 0 saturated heterocycles. The molecule has 0 aliphatic heterocycles. The first-order valence-corrected chi connectivity index (χ1v) is 7.90. The molecule has 0 spiro atoms. The fourth-order valence-electron chi connectivity index (χ4n) is 2.00. The zero-order chi connectivity index (χ0) is 14.4. The number of nitrogens with one attached hydrogen (secondary N) is 1. The van der Waals surface area contributed by atoms with Crippen LogP contribution in [0.2, 0.25) is 4.34 Å². The van der Waals surface area contributed by atoms with Gasteiger partial charge in [-0.15, -0.1) is 11.3 Å². The summed E-state index contributed by atoms with van der Waals surface area (Å²) in [6, 6.07) is 8.28. The lowest BCUT2D eigenvalue weighted by molar-refractivity contribution is 0.397. The highest BCUT2D eigenvalue weighted by atomic mass is 35.5. The van der Waals surface area contributed by atoms with Crippen molar-refractivity contribution in [2.45, 2.75) is 25.8 Å². The van der Waals surface area contributed by atoms with Gasteiger partial charge in [0.1, 0.15) is 0 Å². The Kier molecular flexibility index (Phi) is 5.83. The highest BCUT2D eigenvalue weighted by Gasteiger charge is 2.14. The molecule has 3 nitrogen and oxygen atoms in total. The maximum atomic E-state index is 6.04. The normalized spacial score (nSPS) is 12.3. The standard InChI is InChI=1S/C15H19ClN2OS/c1-3-8-17-12(13-5-6-14(16)20-13)9-11-4-7-15(19-2)18-10-11/h4-7,10,12,17H,3,8-9H2,1-2H3. The van der Waals surface area contributed by atoms with Crippen molar-refractivity contribution >= 4 is 22.9 Å². The van der Waals surface area contributed by atoms with E-state index >= 15 is 0 Å². The van der Waals surface area contributed by atoms with Crippen LogP contribution < -0.4 is 10.1 Å². The van der Waals surface area contributed by atoms with Gasteiger partial charge in [0.05, 0.1) is 11.4 Å². The second-order valence-corrected chi connectivity index (χ2v) is 6.31. The first kappa shape index (κ1) is 15.3. The van der Waals surface area contributed by atoms with Gasteiger partial charge in [-0.05, 0) is 37.1 Å². The summed E-state index contributed by atoms with van der Waals surface area (Å²) in [5.41, 5.74) is 1.18. The second kappa shape index (κ2) is 7.62. The number of methoxy groups -OCH3 is 1. The number of pyridine rings is 1. The Bertz CT molecular complexity index is 527. The molecule has 0 aliphatic carbocycles. The van der Waals surface area contributed by atoms with Crippen LogP contribution in [0.1, 0.15) is 29.8 Å². The van der Waals surface area contributed by atoms with Crippen LogP contribution in [0.4, 0.5) is 0 Å². The van der Waals surface area contributed by atoms with Gasteiger partial charge in [-0.2, -0.15) is 0 Å². The summed E-state index contributed by atoms with van der Waals surface area (Å²) in [5.74, 6) is 0.644. The van der Waals surface area contributed by atoms with Crippen LogP contribution in [0.25, 0.3) is 0 Å². The Hall–Kier alpha value is -1.10. The molecule has 20 heavy (non-hydrogen) atoms. The van der Waals surface area contributed by atoms with Crippen LogP contribution in [0, 0.1) is 0 Å². The number of aromatic nitrogens is 1. The zero-order valence-corrected chi connectivity index (χ0v) is 13.3. The van der Waals surface area contributed by atoms with E-state index in [1.807, 2.05) is 18.3 Å². The minimum Gasteiger partial charge on any atom is -0.481 e. The molecule has 1 atom stereocenters. The van der Waals surface area contributed by atoms with E-state index in [-0.39, 0.29) is 6.04 Å². The van der Waals surface area contributed by atoms with Crippen LogP contribution in [0.3, 0.4) is 0 Å². The molecule has 2 heterocycles. The maximum absolute atomic E-state index is 6.04.